The second-order valence-electron chi connectivity index (χ2n) is 7.72. The number of carbonyl (C=O) groups excluding carboxylic acids is 2. The molecule has 8 heteroatoms. The van der Waals surface area contributed by atoms with Gasteiger partial charge in [-0.1, -0.05) is 49.2 Å². The molecule has 2 aromatic rings. The summed E-state index contributed by atoms with van der Waals surface area (Å²) in [6.45, 7) is 7.56. The van der Waals surface area contributed by atoms with Crippen LogP contribution in [0.4, 0.5) is 0 Å². The molecule has 5 nitrogen and oxygen atoms in total. The Morgan fingerprint density at radius 3 is 2.31 bits per heavy atom. The van der Waals surface area contributed by atoms with E-state index in [0.29, 0.717) is 27.8 Å². The number of rotatable bonds is 10. The number of ether oxygens (including phenoxy) is 1. The molecule has 0 aliphatic carbocycles. The second-order valence-corrected chi connectivity index (χ2v) is 9.38. The SMILES string of the molecule is CCc1ccc(OCC(=O)N(Cc2c(Cl)cccc2Cl)[C@H](CC)C(=O)NC(C)C)c(Br)c1. The average molecular weight is 544 g/mol. The lowest BCUT2D eigenvalue weighted by Gasteiger charge is -2.31. The minimum atomic E-state index is -0.688. The number of amides is 2. The van der Waals surface area contributed by atoms with Crippen LogP contribution in [0.5, 0.6) is 5.75 Å². The van der Waals surface area contributed by atoms with Crippen molar-refractivity contribution >= 4 is 50.9 Å². The van der Waals surface area contributed by atoms with Gasteiger partial charge in [-0.25, -0.2) is 0 Å². The van der Waals surface area contributed by atoms with Gasteiger partial charge >= 0.3 is 0 Å². The molecule has 0 fully saturated rings. The third-order valence-corrected chi connectivity index (χ3v) is 6.29. The molecule has 174 valence electrons. The maximum atomic E-state index is 13.3. The molecule has 0 aliphatic heterocycles. The normalized spacial score (nSPS) is 11.9. The molecule has 1 N–H and O–H groups in total. The zero-order valence-electron chi connectivity index (χ0n) is 18.8. The van der Waals surface area contributed by atoms with Crippen molar-refractivity contribution < 1.29 is 14.3 Å². The molecule has 2 aromatic carbocycles. The van der Waals surface area contributed by atoms with Gasteiger partial charge in [-0.3, -0.25) is 9.59 Å². The van der Waals surface area contributed by atoms with E-state index in [9.17, 15) is 9.59 Å². The first-order valence-corrected chi connectivity index (χ1v) is 12.2. The number of carbonyl (C=O) groups is 2. The fourth-order valence-corrected chi connectivity index (χ4v) is 4.32. The van der Waals surface area contributed by atoms with Crippen LogP contribution in [0.1, 0.15) is 45.2 Å². The number of nitrogens with zero attached hydrogens (tertiary/aromatic N) is 1. The van der Waals surface area contributed by atoms with E-state index in [1.807, 2.05) is 39.0 Å². The van der Waals surface area contributed by atoms with Gasteiger partial charge in [-0.2, -0.15) is 0 Å². The molecule has 2 rings (SSSR count). The van der Waals surface area contributed by atoms with E-state index in [-0.39, 0.29) is 31.0 Å². The van der Waals surface area contributed by atoms with Gasteiger partial charge in [0.15, 0.2) is 6.61 Å². The predicted molar refractivity (Wildman–Crippen MR) is 133 cm³/mol. The van der Waals surface area contributed by atoms with Crippen molar-refractivity contribution in [3.63, 3.8) is 0 Å². The first-order chi connectivity index (χ1) is 15.2. The summed E-state index contributed by atoms with van der Waals surface area (Å²) in [5.74, 6) is -0.00308. The summed E-state index contributed by atoms with van der Waals surface area (Å²) in [4.78, 5) is 27.6. The monoisotopic (exact) mass is 542 g/mol. The molecule has 0 bridgehead atoms. The highest BCUT2D eigenvalue weighted by molar-refractivity contribution is 9.10. The largest absolute Gasteiger partial charge is 0.483 e. The minimum absolute atomic E-state index is 0.0540. The molecule has 0 heterocycles. The number of benzene rings is 2. The van der Waals surface area contributed by atoms with Crippen LogP contribution < -0.4 is 10.1 Å². The van der Waals surface area contributed by atoms with Crippen LogP contribution in [0.15, 0.2) is 40.9 Å². The Morgan fingerprint density at radius 2 is 1.78 bits per heavy atom. The quantitative estimate of drug-likeness (QED) is 0.398. The van der Waals surface area contributed by atoms with Crippen LogP contribution in [-0.4, -0.2) is 35.4 Å². The Kier molecular flexibility index (Phi) is 10.3. The van der Waals surface area contributed by atoms with Crippen LogP contribution in [-0.2, 0) is 22.6 Å². The van der Waals surface area contributed by atoms with Gasteiger partial charge in [0.25, 0.3) is 5.91 Å². The molecule has 0 aromatic heterocycles. The fraction of sp³-hybridized carbons (Fsp3) is 0.417. The number of hydrogen-bond donors (Lipinski definition) is 1. The fourth-order valence-electron chi connectivity index (χ4n) is 3.26. The van der Waals surface area contributed by atoms with Gasteiger partial charge < -0.3 is 15.0 Å². The van der Waals surface area contributed by atoms with Crippen molar-refractivity contribution in [1.82, 2.24) is 10.2 Å². The summed E-state index contributed by atoms with van der Waals surface area (Å²) in [6.07, 6.45) is 1.33. The molecular formula is C24H29BrCl2N2O3. The zero-order valence-corrected chi connectivity index (χ0v) is 21.9. The van der Waals surface area contributed by atoms with Crippen LogP contribution in [0.3, 0.4) is 0 Å². The smallest absolute Gasteiger partial charge is 0.261 e. The molecule has 32 heavy (non-hydrogen) atoms. The minimum Gasteiger partial charge on any atom is -0.483 e. The lowest BCUT2D eigenvalue weighted by atomic mass is 10.1. The maximum Gasteiger partial charge on any atom is 0.261 e. The molecule has 0 saturated heterocycles. The average Bonchev–Trinajstić information content (AvgIpc) is 2.73. The van der Waals surface area contributed by atoms with Crippen molar-refractivity contribution in [3.8, 4) is 5.75 Å². The first-order valence-electron chi connectivity index (χ1n) is 10.6. The predicted octanol–water partition coefficient (Wildman–Crippen LogP) is 6.03. The molecule has 0 aliphatic rings. The van der Waals surface area contributed by atoms with Gasteiger partial charge in [-0.15, -0.1) is 0 Å². The van der Waals surface area contributed by atoms with Crippen molar-refractivity contribution in [1.29, 1.82) is 0 Å². The van der Waals surface area contributed by atoms with Gasteiger partial charge in [0.2, 0.25) is 5.91 Å². The summed E-state index contributed by atoms with van der Waals surface area (Å²) in [6, 6.07) is 10.2. The number of aryl methyl sites for hydroxylation is 1. The van der Waals surface area contributed by atoms with Crippen molar-refractivity contribution in [2.24, 2.45) is 0 Å². The number of hydrogen-bond acceptors (Lipinski definition) is 3. The molecule has 0 unspecified atom stereocenters. The highest BCUT2D eigenvalue weighted by Crippen LogP contribution is 2.28. The van der Waals surface area contributed by atoms with E-state index in [4.69, 9.17) is 27.9 Å². The summed E-state index contributed by atoms with van der Waals surface area (Å²) in [5.41, 5.74) is 1.75. The van der Waals surface area contributed by atoms with Crippen LogP contribution in [0.2, 0.25) is 10.0 Å². The maximum absolute atomic E-state index is 13.3. The zero-order chi connectivity index (χ0) is 23.8. The summed E-state index contributed by atoms with van der Waals surface area (Å²) in [5, 5.41) is 3.77. The summed E-state index contributed by atoms with van der Waals surface area (Å²) in [7, 11) is 0. The summed E-state index contributed by atoms with van der Waals surface area (Å²) < 4.78 is 6.57. The highest BCUT2D eigenvalue weighted by Gasteiger charge is 2.30. The third kappa shape index (κ3) is 7.12. The van der Waals surface area contributed by atoms with E-state index < -0.39 is 6.04 Å². The van der Waals surface area contributed by atoms with Crippen molar-refractivity contribution in [2.45, 2.75) is 59.2 Å². The van der Waals surface area contributed by atoms with E-state index in [1.165, 1.54) is 4.90 Å². The van der Waals surface area contributed by atoms with Crippen LogP contribution in [0, 0.1) is 0 Å². The van der Waals surface area contributed by atoms with Gasteiger partial charge in [0.1, 0.15) is 11.8 Å². The van der Waals surface area contributed by atoms with E-state index >= 15 is 0 Å². The molecule has 0 spiro atoms. The molecular weight excluding hydrogens is 515 g/mol. The highest BCUT2D eigenvalue weighted by atomic mass is 79.9. The lowest BCUT2D eigenvalue weighted by molar-refractivity contribution is -0.143. The van der Waals surface area contributed by atoms with Gasteiger partial charge in [-0.05, 0) is 72.4 Å². The number of nitrogens with one attached hydrogen (secondary N) is 1. The Hall–Kier alpha value is -1.76. The lowest BCUT2D eigenvalue weighted by Crippen LogP contribution is -2.51. The van der Waals surface area contributed by atoms with E-state index in [0.717, 1.165) is 16.5 Å². The van der Waals surface area contributed by atoms with E-state index in [2.05, 4.69) is 28.2 Å². The van der Waals surface area contributed by atoms with Crippen molar-refractivity contribution in [2.75, 3.05) is 6.61 Å². The second kappa shape index (κ2) is 12.5. The van der Waals surface area contributed by atoms with Crippen molar-refractivity contribution in [3.05, 3.63) is 62.0 Å². The van der Waals surface area contributed by atoms with E-state index in [1.54, 1.807) is 18.2 Å². The van der Waals surface area contributed by atoms with Gasteiger partial charge in [0, 0.05) is 28.2 Å². The first kappa shape index (κ1) is 26.5. The standard InChI is InChI=1S/C24H29BrCl2N2O3/c1-5-16-10-11-22(18(25)12-16)32-14-23(30)29(21(6-2)24(31)28-15(3)4)13-17-19(26)8-7-9-20(17)27/h7-12,15,21H,5-6,13-14H2,1-4H3,(H,28,31)/t21-/m1/s1. The molecule has 2 amide bonds. The molecule has 1 atom stereocenters. The summed E-state index contributed by atoms with van der Waals surface area (Å²) >= 11 is 16.2. The Balaban J connectivity index is 2.29. The molecule has 0 saturated carbocycles. The van der Waals surface area contributed by atoms with Crippen LogP contribution in [0.25, 0.3) is 0 Å². The van der Waals surface area contributed by atoms with Crippen LogP contribution >= 0.6 is 39.1 Å². The Bertz CT molecular complexity index is 933. The Morgan fingerprint density at radius 1 is 1.12 bits per heavy atom. The molecule has 0 radical (unpaired) electrons. The van der Waals surface area contributed by atoms with Gasteiger partial charge in [0.05, 0.1) is 4.47 Å². The number of halogens is 3. The topological polar surface area (TPSA) is 58.6 Å². The third-order valence-electron chi connectivity index (χ3n) is 4.96. The Labute approximate surface area is 208 Å².